The van der Waals surface area contributed by atoms with Gasteiger partial charge in [-0.25, -0.2) is 0 Å². The molecule has 3 heterocycles. The molecule has 1 aliphatic heterocycles. The van der Waals surface area contributed by atoms with E-state index in [4.69, 9.17) is 11.6 Å². The summed E-state index contributed by atoms with van der Waals surface area (Å²) in [4.78, 5) is 18.4. The maximum atomic E-state index is 12.1. The van der Waals surface area contributed by atoms with Gasteiger partial charge in [-0.15, -0.1) is 5.10 Å². The third kappa shape index (κ3) is 4.16. The summed E-state index contributed by atoms with van der Waals surface area (Å²) in [6.07, 6.45) is 5.60. The molecule has 2 aromatic rings. The van der Waals surface area contributed by atoms with Crippen molar-refractivity contribution in [3.8, 4) is 0 Å². The van der Waals surface area contributed by atoms with Crippen molar-refractivity contribution in [3.05, 3.63) is 47.4 Å². The van der Waals surface area contributed by atoms with Gasteiger partial charge < -0.3 is 10.2 Å². The van der Waals surface area contributed by atoms with Gasteiger partial charge in [0.25, 0.3) is 0 Å². The van der Waals surface area contributed by atoms with E-state index in [-0.39, 0.29) is 18.4 Å². The molecule has 6 nitrogen and oxygen atoms in total. The number of anilines is 1. The van der Waals surface area contributed by atoms with E-state index in [1.54, 1.807) is 24.5 Å². The molecular weight excluding hydrogens is 314 g/mol. The molecule has 0 aliphatic carbocycles. The van der Waals surface area contributed by atoms with Crippen LogP contribution < -0.4 is 10.2 Å². The van der Waals surface area contributed by atoms with E-state index >= 15 is 0 Å². The first-order valence-corrected chi connectivity index (χ1v) is 8.01. The van der Waals surface area contributed by atoms with E-state index in [0.717, 1.165) is 25.2 Å². The van der Waals surface area contributed by atoms with E-state index in [2.05, 4.69) is 25.4 Å². The molecule has 0 saturated carbocycles. The van der Waals surface area contributed by atoms with Crippen LogP contribution in [0.3, 0.4) is 0 Å². The number of pyridine rings is 1. The van der Waals surface area contributed by atoms with E-state index in [1.165, 1.54) is 0 Å². The van der Waals surface area contributed by atoms with Crippen LogP contribution in [0.1, 0.15) is 18.5 Å². The number of amides is 1. The number of hydrogen-bond acceptors (Lipinski definition) is 5. The Morgan fingerprint density at radius 3 is 3.04 bits per heavy atom. The topological polar surface area (TPSA) is 71.0 Å². The Balaban J connectivity index is 1.53. The van der Waals surface area contributed by atoms with Crippen LogP contribution in [0, 0.1) is 0 Å². The van der Waals surface area contributed by atoms with Crippen LogP contribution in [0.2, 0.25) is 5.02 Å². The maximum Gasteiger partial charge on any atom is 0.226 e. The van der Waals surface area contributed by atoms with E-state index in [1.807, 2.05) is 12.1 Å². The van der Waals surface area contributed by atoms with Crippen LogP contribution in [0.25, 0.3) is 0 Å². The van der Waals surface area contributed by atoms with Crippen molar-refractivity contribution < 1.29 is 4.79 Å². The molecule has 0 bridgehead atoms. The number of hydrogen-bond donors (Lipinski definition) is 1. The first kappa shape index (κ1) is 15.7. The van der Waals surface area contributed by atoms with Crippen LogP contribution in [0.15, 0.2) is 36.7 Å². The fraction of sp³-hybridized carbons (Fsp3) is 0.375. The molecule has 120 valence electrons. The molecule has 1 atom stereocenters. The Morgan fingerprint density at radius 2 is 2.30 bits per heavy atom. The highest BCUT2D eigenvalue weighted by molar-refractivity contribution is 6.30. The Labute approximate surface area is 139 Å². The number of nitrogens with one attached hydrogen (secondary N) is 1. The van der Waals surface area contributed by atoms with E-state index < -0.39 is 0 Å². The minimum absolute atomic E-state index is 0.0363. The fourth-order valence-electron chi connectivity index (χ4n) is 2.77. The summed E-state index contributed by atoms with van der Waals surface area (Å²) >= 11 is 5.79. The standard InChI is InChI=1S/C16H18ClN5O/c17-12-5-6-13(18-10-12)9-16(23)19-11-14-3-2-8-22(14)15-4-1-7-20-21-15/h1,4-7,10,14H,2-3,8-9,11H2,(H,19,23). The van der Waals surface area contributed by atoms with Gasteiger partial charge in [-0.2, -0.15) is 5.10 Å². The van der Waals surface area contributed by atoms with Crippen molar-refractivity contribution in [2.45, 2.75) is 25.3 Å². The van der Waals surface area contributed by atoms with Crippen molar-refractivity contribution >= 4 is 23.3 Å². The van der Waals surface area contributed by atoms with E-state index in [9.17, 15) is 4.79 Å². The van der Waals surface area contributed by atoms with Crippen molar-refractivity contribution in [3.63, 3.8) is 0 Å². The summed E-state index contributed by atoms with van der Waals surface area (Å²) in [6.45, 7) is 1.54. The zero-order chi connectivity index (χ0) is 16.1. The molecule has 1 saturated heterocycles. The summed E-state index contributed by atoms with van der Waals surface area (Å²) in [5, 5.41) is 11.6. The van der Waals surface area contributed by atoms with Crippen molar-refractivity contribution in [2.75, 3.05) is 18.0 Å². The fourth-order valence-corrected chi connectivity index (χ4v) is 2.88. The quantitative estimate of drug-likeness (QED) is 0.905. The molecule has 7 heteroatoms. The lowest BCUT2D eigenvalue weighted by Crippen LogP contribution is -2.41. The molecule has 0 radical (unpaired) electrons. The first-order chi connectivity index (χ1) is 11.2. The zero-order valence-corrected chi connectivity index (χ0v) is 13.4. The molecule has 3 rings (SSSR count). The largest absolute Gasteiger partial charge is 0.354 e. The van der Waals surface area contributed by atoms with Gasteiger partial charge in [-0.05, 0) is 37.1 Å². The van der Waals surface area contributed by atoms with E-state index in [0.29, 0.717) is 17.3 Å². The number of nitrogens with zero attached hydrogens (tertiary/aromatic N) is 4. The van der Waals surface area contributed by atoms with Crippen LogP contribution in [-0.2, 0) is 11.2 Å². The smallest absolute Gasteiger partial charge is 0.226 e. The number of aromatic nitrogens is 3. The van der Waals surface area contributed by atoms with Crippen molar-refractivity contribution in [2.24, 2.45) is 0 Å². The van der Waals surface area contributed by atoms with Gasteiger partial charge in [0.2, 0.25) is 5.91 Å². The molecule has 0 aromatic carbocycles. The average Bonchev–Trinajstić information content (AvgIpc) is 3.04. The third-order valence-corrected chi connectivity index (χ3v) is 4.12. The lowest BCUT2D eigenvalue weighted by atomic mass is 10.2. The van der Waals surface area contributed by atoms with Gasteiger partial charge in [0, 0.05) is 37.2 Å². The Hall–Kier alpha value is -2.21. The summed E-state index contributed by atoms with van der Waals surface area (Å²) in [5.41, 5.74) is 0.712. The predicted molar refractivity (Wildman–Crippen MR) is 88.4 cm³/mol. The van der Waals surface area contributed by atoms with Gasteiger partial charge in [-0.3, -0.25) is 9.78 Å². The highest BCUT2D eigenvalue weighted by Gasteiger charge is 2.26. The van der Waals surface area contributed by atoms with Gasteiger partial charge in [0.15, 0.2) is 5.82 Å². The molecule has 1 fully saturated rings. The average molecular weight is 332 g/mol. The summed E-state index contributed by atoms with van der Waals surface area (Å²) < 4.78 is 0. The van der Waals surface area contributed by atoms with Gasteiger partial charge in [0.1, 0.15) is 0 Å². The number of carbonyl (C=O) groups excluding carboxylic acids is 1. The second-order valence-electron chi connectivity index (χ2n) is 5.52. The molecule has 2 aromatic heterocycles. The molecule has 1 aliphatic rings. The minimum atomic E-state index is -0.0363. The van der Waals surface area contributed by atoms with Gasteiger partial charge in [0.05, 0.1) is 11.4 Å². The zero-order valence-electron chi connectivity index (χ0n) is 12.7. The lowest BCUT2D eigenvalue weighted by Gasteiger charge is -2.25. The third-order valence-electron chi connectivity index (χ3n) is 3.89. The second-order valence-corrected chi connectivity index (χ2v) is 5.96. The van der Waals surface area contributed by atoms with Gasteiger partial charge in [-0.1, -0.05) is 11.6 Å². The second kappa shape index (κ2) is 7.37. The summed E-state index contributed by atoms with van der Waals surface area (Å²) in [5.74, 6) is 0.828. The molecule has 1 amide bonds. The monoisotopic (exact) mass is 331 g/mol. The SMILES string of the molecule is O=C(Cc1ccc(Cl)cn1)NCC1CCCN1c1cccnn1. The molecule has 0 spiro atoms. The Bertz CT molecular complexity index is 649. The number of halogens is 1. The van der Waals surface area contributed by atoms with Crippen LogP contribution in [0.5, 0.6) is 0 Å². The molecule has 1 N–H and O–H groups in total. The summed E-state index contributed by atoms with van der Waals surface area (Å²) in [7, 11) is 0. The predicted octanol–water partition coefficient (Wildman–Crippen LogP) is 1.85. The van der Waals surface area contributed by atoms with Crippen LogP contribution in [0.4, 0.5) is 5.82 Å². The number of rotatable bonds is 5. The lowest BCUT2D eigenvalue weighted by molar-refractivity contribution is -0.120. The Kier molecular flexibility index (Phi) is 5.02. The molecule has 23 heavy (non-hydrogen) atoms. The highest BCUT2D eigenvalue weighted by atomic mass is 35.5. The summed E-state index contributed by atoms with van der Waals surface area (Å²) in [6, 6.07) is 7.59. The van der Waals surface area contributed by atoms with Crippen molar-refractivity contribution in [1.82, 2.24) is 20.5 Å². The normalized spacial score (nSPS) is 17.3. The highest BCUT2D eigenvalue weighted by Crippen LogP contribution is 2.22. The van der Waals surface area contributed by atoms with Gasteiger partial charge >= 0.3 is 0 Å². The molecule has 1 unspecified atom stereocenters. The number of carbonyl (C=O) groups is 1. The maximum absolute atomic E-state index is 12.1. The van der Waals surface area contributed by atoms with Crippen molar-refractivity contribution in [1.29, 1.82) is 0 Å². The van der Waals surface area contributed by atoms with Crippen LogP contribution >= 0.6 is 11.6 Å². The molecular formula is C16H18ClN5O. The first-order valence-electron chi connectivity index (χ1n) is 7.64. The Morgan fingerprint density at radius 1 is 1.39 bits per heavy atom. The van der Waals surface area contributed by atoms with Crippen LogP contribution in [-0.4, -0.2) is 40.2 Å². The minimum Gasteiger partial charge on any atom is -0.354 e.